The van der Waals surface area contributed by atoms with Crippen molar-refractivity contribution in [2.75, 3.05) is 14.2 Å². The largest absolute Gasteiger partial charge is 0.497 e. The fourth-order valence-corrected chi connectivity index (χ4v) is 5.17. The lowest BCUT2D eigenvalue weighted by Crippen LogP contribution is -2.29. The quantitative estimate of drug-likeness (QED) is 0.225. The van der Waals surface area contributed by atoms with Crippen LogP contribution in [-0.2, 0) is 13.2 Å². The number of aromatic nitrogens is 2. The molecule has 0 bridgehead atoms. The van der Waals surface area contributed by atoms with Crippen LogP contribution in [0.2, 0.25) is 0 Å². The highest BCUT2D eigenvalue weighted by molar-refractivity contribution is 6.00. The van der Waals surface area contributed by atoms with Crippen molar-refractivity contribution in [2.24, 2.45) is 0 Å². The monoisotopic (exact) mass is 549 g/mol. The van der Waals surface area contributed by atoms with E-state index in [-0.39, 0.29) is 18.3 Å². The summed E-state index contributed by atoms with van der Waals surface area (Å²) in [6, 6.07) is 28.9. The Morgan fingerprint density at radius 3 is 2.32 bits per heavy atom. The van der Waals surface area contributed by atoms with Crippen LogP contribution >= 0.6 is 0 Å². The summed E-state index contributed by atoms with van der Waals surface area (Å²) in [5.74, 6) is 1.35. The van der Waals surface area contributed by atoms with Crippen LogP contribution in [0, 0.1) is 5.82 Å². The minimum absolute atomic E-state index is 0.190. The second-order valence-corrected chi connectivity index (χ2v) is 9.74. The Morgan fingerprint density at radius 2 is 1.61 bits per heavy atom. The number of fused-ring (bicyclic) bond motifs is 1. The molecule has 0 saturated carbocycles. The van der Waals surface area contributed by atoms with Gasteiger partial charge in [0, 0.05) is 17.7 Å². The zero-order valence-electron chi connectivity index (χ0n) is 22.6. The molecular weight excluding hydrogens is 521 g/mol. The number of H-pyrrole nitrogens is 1. The Morgan fingerprint density at radius 1 is 0.854 bits per heavy atom. The third-order valence-corrected chi connectivity index (χ3v) is 7.23. The van der Waals surface area contributed by atoms with Gasteiger partial charge in [0.2, 0.25) is 0 Å². The fraction of sp³-hybridized carbons (Fsp3) is 0.152. The van der Waals surface area contributed by atoms with Crippen LogP contribution in [-0.4, -0.2) is 35.2 Å². The zero-order chi connectivity index (χ0) is 28.3. The van der Waals surface area contributed by atoms with Crippen molar-refractivity contribution < 1.29 is 23.4 Å². The molecule has 206 valence electrons. The number of nitrogens with zero attached hydrogens (tertiary/aromatic N) is 2. The number of amides is 1. The van der Waals surface area contributed by atoms with Gasteiger partial charge in [0.15, 0.2) is 11.5 Å². The van der Waals surface area contributed by atoms with Gasteiger partial charge in [0.05, 0.1) is 26.0 Å². The molecule has 0 spiro atoms. The maximum absolute atomic E-state index is 13.8. The lowest BCUT2D eigenvalue weighted by molar-refractivity contribution is 0.0730. The minimum Gasteiger partial charge on any atom is -0.497 e. The van der Waals surface area contributed by atoms with Gasteiger partial charge < -0.3 is 19.1 Å². The second kappa shape index (κ2) is 11.2. The van der Waals surface area contributed by atoms with Gasteiger partial charge >= 0.3 is 0 Å². The molecule has 5 aromatic rings. The van der Waals surface area contributed by atoms with Gasteiger partial charge in [0.25, 0.3) is 5.91 Å². The predicted molar refractivity (Wildman–Crippen MR) is 152 cm³/mol. The summed E-state index contributed by atoms with van der Waals surface area (Å²) in [7, 11) is 3.21. The molecule has 1 atom stereocenters. The fourth-order valence-electron chi connectivity index (χ4n) is 5.17. The molecule has 41 heavy (non-hydrogen) atoms. The molecular formula is C33H28FN3O4. The Balaban J connectivity index is 1.40. The SMILES string of the molecule is COc1ccc(-c2n[nH]c3c2C(c2ccc(OCc4ccccc4)c(OC)c2)N(Cc2ccc(F)cc2)C3=O)cc1. The van der Waals surface area contributed by atoms with Gasteiger partial charge in [-0.15, -0.1) is 0 Å². The average molecular weight is 550 g/mol. The molecule has 0 fully saturated rings. The van der Waals surface area contributed by atoms with Crippen molar-refractivity contribution in [3.05, 3.63) is 131 Å². The van der Waals surface area contributed by atoms with Crippen LogP contribution in [0.3, 0.4) is 0 Å². The van der Waals surface area contributed by atoms with E-state index in [0.29, 0.717) is 29.5 Å². The first-order chi connectivity index (χ1) is 20.1. The van der Waals surface area contributed by atoms with Crippen molar-refractivity contribution in [3.63, 3.8) is 0 Å². The summed E-state index contributed by atoms with van der Waals surface area (Å²) in [6.07, 6.45) is 0. The van der Waals surface area contributed by atoms with Gasteiger partial charge in [-0.05, 0) is 65.2 Å². The molecule has 6 rings (SSSR count). The van der Waals surface area contributed by atoms with Gasteiger partial charge in [0.1, 0.15) is 23.9 Å². The average Bonchev–Trinajstić information content (AvgIpc) is 3.56. The first-order valence-corrected chi connectivity index (χ1v) is 13.2. The third kappa shape index (κ3) is 5.12. The zero-order valence-corrected chi connectivity index (χ0v) is 22.6. The standard InChI is InChI=1S/C33H28FN3O4/c1-39-26-15-10-23(11-16-26)30-29-31(36-35-30)33(38)37(19-21-8-13-25(34)14-9-21)32(29)24-12-17-27(28(18-24)40-2)41-20-22-6-4-3-5-7-22/h3-18,32H,19-20H2,1-2H3,(H,35,36). The first-order valence-electron chi connectivity index (χ1n) is 13.2. The van der Waals surface area contributed by atoms with Crippen LogP contribution in [0.4, 0.5) is 4.39 Å². The summed E-state index contributed by atoms with van der Waals surface area (Å²) in [5.41, 5.74) is 5.39. The number of methoxy groups -OCH3 is 2. The normalized spacial score (nSPS) is 14.2. The van der Waals surface area contributed by atoms with E-state index in [9.17, 15) is 9.18 Å². The van der Waals surface area contributed by atoms with Crippen LogP contribution in [0.25, 0.3) is 11.3 Å². The number of aromatic amines is 1. The first kappa shape index (κ1) is 26.1. The van der Waals surface area contributed by atoms with E-state index in [0.717, 1.165) is 33.6 Å². The molecule has 1 unspecified atom stereocenters. The van der Waals surface area contributed by atoms with E-state index < -0.39 is 6.04 Å². The lowest BCUT2D eigenvalue weighted by Gasteiger charge is -2.27. The molecule has 8 heteroatoms. The summed E-state index contributed by atoms with van der Waals surface area (Å²) in [6.45, 7) is 0.672. The smallest absolute Gasteiger partial charge is 0.273 e. The molecule has 0 saturated heterocycles. The van der Waals surface area contributed by atoms with Gasteiger partial charge in [-0.25, -0.2) is 4.39 Å². The predicted octanol–water partition coefficient (Wildman–Crippen LogP) is 6.56. The summed E-state index contributed by atoms with van der Waals surface area (Å²) < 4.78 is 30.8. The van der Waals surface area contributed by atoms with Crippen molar-refractivity contribution in [1.29, 1.82) is 0 Å². The van der Waals surface area contributed by atoms with Crippen molar-refractivity contribution >= 4 is 5.91 Å². The van der Waals surface area contributed by atoms with Gasteiger partial charge in [-0.3, -0.25) is 9.89 Å². The number of hydrogen-bond donors (Lipinski definition) is 1. The molecule has 1 N–H and O–H groups in total. The molecule has 1 aromatic heterocycles. The number of benzene rings is 4. The van der Waals surface area contributed by atoms with E-state index in [1.807, 2.05) is 72.8 Å². The highest BCUT2D eigenvalue weighted by atomic mass is 19.1. The third-order valence-electron chi connectivity index (χ3n) is 7.23. The molecule has 1 amide bonds. The number of halogens is 1. The van der Waals surface area contributed by atoms with Crippen LogP contribution in [0.1, 0.15) is 38.8 Å². The van der Waals surface area contributed by atoms with E-state index in [1.165, 1.54) is 12.1 Å². The molecule has 1 aliphatic rings. The molecule has 1 aliphatic heterocycles. The number of rotatable bonds is 9. The summed E-state index contributed by atoms with van der Waals surface area (Å²) in [5, 5.41) is 7.52. The van der Waals surface area contributed by atoms with Crippen LogP contribution in [0.15, 0.2) is 97.1 Å². The van der Waals surface area contributed by atoms with Crippen LogP contribution in [0.5, 0.6) is 17.2 Å². The number of carbonyl (C=O) groups excluding carboxylic acids is 1. The lowest BCUT2D eigenvalue weighted by atomic mass is 9.95. The highest BCUT2D eigenvalue weighted by Crippen LogP contribution is 2.45. The molecule has 4 aromatic carbocycles. The second-order valence-electron chi connectivity index (χ2n) is 9.74. The minimum atomic E-state index is -0.476. The number of nitrogens with one attached hydrogen (secondary N) is 1. The Kier molecular flexibility index (Phi) is 7.12. The Hall–Kier alpha value is -5.11. The summed E-state index contributed by atoms with van der Waals surface area (Å²) >= 11 is 0. The maximum Gasteiger partial charge on any atom is 0.273 e. The summed E-state index contributed by atoms with van der Waals surface area (Å²) in [4.78, 5) is 15.5. The molecule has 0 aliphatic carbocycles. The van der Waals surface area contributed by atoms with Crippen molar-refractivity contribution in [2.45, 2.75) is 19.2 Å². The van der Waals surface area contributed by atoms with E-state index in [4.69, 9.17) is 14.2 Å². The van der Waals surface area contributed by atoms with Gasteiger partial charge in [-0.2, -0.15) is 5.10 Å². The molecule has 0 radical (unpaired) electrons. The van der Waals surface area contributed by atoms with Crippen LogP contribution < -0.4 is 14.2 Å². The maximum atomic E-state index is 13.8. The van der Waals surface area contributed by atoms with E-state index >= 15 is 0 Å². The van der Waals surface area contributed by atoms with Gasteiger partial charge in [-0.1, -0.05) is 48.5 Å². The Bertz CT molecular complexity index is 1670. The number of ether oxygens (including phenoxy) is 3. The highest BCUT2D eigenvalue weighted by Gasteiger charge is 2.42. The van der Waals surface area contributed by atoms with E-state index in [2.05, 4.69) is 10.2 Å². The molecule has 2 heterocycles. The van der Waals surface area contributed by atoms with Crippen molar-refractivity contribution in [1.82, 2.24) is 15.1 Å². The van der Waals surface area contributed by atoms with Crippen molar-refractivity contribution in [3.8, 4) is 28.5 Å². The molecule has 7 nitrogen and oxygen atoms in total. The Labute approximate surface area is 237 Å². The number of hydrogen-bond acceptors (Lipinski definition) is 5. The van der Waals surface area contributed by atoms with E-state index in [1.54, 1.807) is 31.3 Å². The number of carbonyl (C=O) groups is 1. The topological polar surface area (TPSA) is 76.7 Å².